The molecule has 1 saturated heterocycles. The van der Waals surface area contributed by atoms with Crippen LogP contribution in [0.3, 0.4) is 0 Å². The Balaban J connectivity index is 1.63. The van der Waals surface area contributed by atoms with Crippen molar-refractivity contribution in [2.24, 2.45) is 0 Å². The van der Waals surface area contributed by atoms with Gasteiger partial charge in [-0.15, -0.1) is 11.3 Å². The van der Waals surface area contributed by atoms with Crippen LogP contribution in [0.15, 0.2) is 35.2 Å². The van der Waals surface area contributed by atoms with Crippen LogP contribution in [0.2, 0.25) is 0 Å². The molecule has 1 aromatic heterocycles. The van der Waals surface area contributed by atoms with E-state index in [-0.39, 0.29) is 11.5 Å². The number of nitrogens with one attached hydrogen (secondary N) is 1. The smallest absolute Gasteiger partial charge is 0.341 e. The van der Waals surface area contributed by atoms with Gasteiger partial charge in [0.05, 0.1) is 17.1 Å². The Morgan fingerprint density at radius 2 is 1.88 bits per heavy atom. The first kappa shape index (κ1) is 22.9. The predicted octanol–water partition coefficient (Wildman–Crippen LogP) is 3.99. The molecule has 0 bridgehead atoms. The summed E-state index contributed by atoms with van der Waals surface area (Å²) in [6.45, 7) is 2.30. The van der Waals surface area contributed by atoms with Crippen molar-refractivity contribution in [3.63, 3.8) is 0 Å². The molecule has 0 spiro atoms. The SMILES string of the molecule is CCOC(=O)c1c(NC(=O)C2CCCCN2S(=O)(=O)c2ccccc2)sc2c1CCCC2. The lowest BCUT2D eigenvalue weighted by molar-refractivity contribution is -0.120. The van der Waals surface area contributed by atoms with Crippen LogP contribution in [0, 0.1) is 0 Å². The van der Waals surface area contributed by atoms with E-state index in [1.807, 2.05) is 0 Å². The van der Waals surface area contributed by atoms with E-state index in [1.54, 1.807) is 37.3 Å². The fourth-order valence-corrected chi connectivity index (χ4v) is 7.41. The minimum atomic E-state index is -3.80. The van der Waals surface area contributed by atoms with Crippen LogP contribution in [-0.4, -0.2) is 43.8 Å². The van der Waals surface area contributed by atoms with Crippen molar-refractivity contribution in [1.82, 2.24) is 4.31 Å². The monoisotopic (exact) mass is 476 g/mol. The van der Waals surface area contributed by atoms with Gasteiger partial charge in [-0.05, 0) is 63.1 Å². The van der Waals surface area contributed by atoms with Crippen LogP contribution in [0.5, 0.6) is 0 Å². The van der Waals surface area contributed by atoms with E-state index in [9.17, 15) is 18.0 Å². The number of thiophene rings is 1. The van der Waals surface area contributed by atoms with Gasteiger partial charge in [-0.2, -0.15) is 4.31 Å². The Bertz CT molecular complexity index is 1100. The predicted molar refractivity (Wildman–Crippen MR) is 124 cm³/mol. The summed E-state index contributed by atoms with van der Waals surface area (Å²) in [5, 5.41) is 3.38. The zero-order chi connectivity index (χ0) is 22.7. The second kappa shape index (κ2) is 9.72. The van der Waals surface area contributed by atoms with Crippen LogP contribution < -0.4 is 5.32 Å². The van der Waals surface area contributed by atoms with Gasteiger partial charge < -0.3 is 10.1 Å². The highest BCUT2D eigenvalue weighted by Crippen LogP contribution is 2.39. The van der Waals surface area contributed by atoms with Crippen LogP contribution in [0.1, 0.15) is 59.8 Å². The van der Waals surface area contributed by atoms with Crippen molar-refractivity contribution >= 4 is 38.2 Å². The first-order valence-corrected chi connectivity index (χ1v) is 13.4. The van der Waals surface area contributed by atoms with E-state index >= 15 is 0 Å². The highest BCUT2D eigenvalue weighted by atomic mass is 32.2. The molecule has 1 aromatic carbocycles. The zero-order valence-corrected chi connectivity index (χ0v) is 19.8. The summed E-state index contributed by atoms with van der Waals surface area (Å²) in [4.78, 5) is 27.3. The number of carbonyl (C=O) groups excluding carboxylic acids is 2. The number of benzene rings is 1. The lowest BCUT2D eigenvalue weighted by atomic mass is 9.95. The summed E-state index contributed by atoms with van der Waals surface area (Å²) in [5.41, 5.74) is 1.40. The van der Waals surface area contributed by atoms with E-state index in [4.69, 9.17) is 4.74 Å². The van der Waals surface area contributed by atoms with E-state index in [2.05, 4.69) is 5.32 Å². The molecule has 1 atom stereocenters. The third-order valence-corrected chi connectivity index (χ3v) is 9.12. The number of esters is 1. The average Bonchev–Trinajstić information content (AvgIpc) is 3.17. The van der Waals surface area contributed by atoms with Crippen LogP contribution in [0.4, 0.5) is 5.00 Å². The Morgan fingerprint density at radius 1 is 1.12 bits per heavy atom. The van der Waals surface area contributed by atoms with Crippen LogP contribution >= 0.6 is 11.3 Å². The standard InChI is InChI=1S/C23H28N2O5S2/c1-2-30-23(27)20-17-12-6-7-14-19(17)31-22(20)24-21(26)18-13-8-9-15-25(18)32(28,29)16-10-4-3-5-11-16/h3-5,10-11,18H,2,6-9,12-15H2,1H3,(H,24,26). The van der Waals surface area contributed by atoms with Gasteiger partial charge in [-0.1, -0.05) is 24.6 Å². The summed E-state index contributed by atoms with van der Waals surface area (Å²) in [5.74, 6) is -0.826. The maximum Gasteiger partial charge on any atom is 0.341 e. The number of carbonyl (C=O) groups is 2. The molecule has 0 radical (unpaired) electrons. The first-order valence-electron chi connectivity index (χ1n) is 11.1. The number of ether oxygens (including phenoxy) is 1. The summed E-state index contributed by atoms with van der Waals surface area (Å²) >= 11 is 1.41. The number of hydrogen-bond acceptors (Lipinski definition) is 6. The number of rotatable bonds is 6. The fourth-order valence-electron chi connectivity index (χ4n) is 4.45. The summed E-state index contributed by atoms with van der Waals surface area (Å²) in [6, 6.07) is 7.38. The summed E-state index contributed by atoms with van der Waals surface area (Å²) in [6.07, 6.45) is 5.62. The molecule has 1 amide bonds. The zero-order valence-electron chi connectivity index (χ0n) is 18.1. The van der Waals surface area contributed by atoms with Crippen molar-refractivity contribution in [1.29, 1.82) is 0 Å². The molecule has 2 heterocycles. The van der Waals surface area contributed by atoms with Crippen molar-refractivity contribution in [2.45, 2.75) is 62.8 Å². The Kier molecular flexibility index (Phi) is 6.97. The first-order chi connectivity index (χ1) is 15.4. The molecule has 1 unspecified atom stereocenters. The van der Waals surface area contributed by atoms with Gasteiger partial charge in [0.2, 0.25) is 15.9 Å². The quantitative estimate of drug-likeness (QED) is 0.637. The number of aryl methyl sites for hydroxylation is 1. The van der Waals surface area contributed by atoms with E-state index in [1.165, 1.54) is 15.6 Å². The molecule has 1 N–H and O–H groups in total. The topological polar surface area (TPSA) is 92.8 Å². The van der Waals surface area contributed by atoms with E-state index in [0.717, 1.165) is 42.5 Å². The van der Waals surface area contributed by atoms with E-state index < -0.39 is 27.9 Å². The Hall–Kier alpha value is -2.23. The molecule has 7 nitrogen and oxygen atoms in total. The Labute approximate surface area is 192 Å². The molecule has 32 heavy (non-hydrogen) atoms. The van der Waals surface area contributed by atoms with Gasteiger partial charge >= 0.3 is 5.97 Å². The fraction of sp³-hybridized carbons (Fsp3) is 0.478. The molecule has 1 aliphatic heterocycles. The second-order valence-corrected chi connectivity index (χ2v) is 11.1. The van der Waals surface area contributed by atoms with E-state index in [0.29, 0.717) is 30.0 Å². The highest BCUT2D eigenvalue weighted by Gasteiger charge is 2.38. The highest BCUT2D eigenvalue weighted by molar-refractivity contribution is 7.89. The lowest BCUT2D eigenvalue weighted by Gasteiger charge is -2.33. The van der Waals surface area contributed by atoms with Gasteiger partial charge in [-0.3, -0.25) is 4.79 Å². The number of sulfonamides is 1. The van der Waals surface area contributed by atoms with Crippen molar-refractivity contribution in [3.8, 4) is 0 Å². The van der Waals surface area contributed by atoms with Gasteiger partial charge in [0.15, 0.2) is 0 Å². The van der Waals surface area contributed by atoms with Crippen molar-refractivity contribution in [2.75, 3.05) is 18.5 Å². The largest absolute Gasteiger partial charge is 0.462 e. The van der Waals surface area contributed by atoms with Crippen molar-refractivity contribution in [3.05, 3.63) is 46.3 Å². The number of amides is 1. The third-order valence-electron chi connectivity index (χ3n) is 5.99. The number of fused-ring (bicyclic) bond motifs is 1. The van der Waals surface area contributed by atoms with Gasteiger partial charge in [0.1, 0.15) is 11.0 Å². The van der Waals surface area contributed by atoms with Crippen molar-refractivity contribution < 1.29 is 22.7 Å². The molecule has 1 aliphatic carbocycles. The molecule has 0 saturated carbocycles. The lowest BCUT2D eigenvalue weighted by Crippen LogP contribution is -2.49. The normalized spacial score (nSPS) is 19.2. The molecule has 1 fully saturated rings. The molecule has 172 valence electrons. The molecule has 2 aliphatic rings. The number of nitrogens with zero attached hydrogens (tertiary/aromatic N) is 1. The minimum Gasteiger partial charge on any atom is -0.462 e. The minimum absolute atomic E-state index is 0.179. The van der Waals surface area contributed by atoms with Crippen LogP contribution in [-0.2, 0) is 32.4 Å². The maximum atomic E-state index is 13.3. The number of anilines is 1. The second-order valence-electron chi connectivity index (χ2n) is 8.07. The molecule has 2 aromatic rings. The maximum absolute atomic E-state index is 13.3. The summed E-state index contributed by atoms with van der Waals surface area (Å²) < 4.78 is 33.1. The molecule has 9 heteroatoms. The molecular weight excluding hydrogens is 448 g/mol. The third kappa shape index (κ3) is 4.46. The molecular formula is C23H28N2O5S2. The van der Waals surface area contributed by atoms with Gasteiger partial charge in [0, 0.05) is 11.4 Å². The number of hydrogen-bond donors (Lipinski definition) is 1. The summed E-state index contributed by atoms with van der Waals surface area (Å²) in [7, 11) is -3.80. The number of piperidine rings is 1. The van der Waals surface area contributed by atoms with Crippen LogP contribution in [0.25, 0.3) is 0 Å². The van der Waals surface area contributed by atoms with Gasteiger partial charge in [0.25, 0.3) is 0 Å². The van der Waals surface area contributed by atoms with Gasteiger partial charge in [-0.25, -0.2) is 13.2 Å². The average molecular weight is 477 g/mol. The Morgan fingerprint density at radius 3 is 2.62 bits per heavy atom. The molecule has 4 rings (SSSR count).